The monoisotopic (exact) mass is 324 g/mol. The van der Waals surface area contributed by atoms with Crippen molar-refractivity contribution >= 4 is 6.03 Å². The van der Waals surface area contributed by atoms with Crippen LogP contribution in [0.25, 0.3) is 0 Å². The molecule has 130 valence electrons. The van der Waals surface area contributed by atoms with E-state index >= 15 is 0 Å². The maximum atomic E-state index is 12.3. The first-order valence-corrected chi connectivity index (χ1v) is 8.43. The quantitative estimate of drug-likeness (QED) is 0.800. The molecule has 0 radical (unpaired) electrons. The first kappa shape index (κ1) is 17.7. The van der Waals surface area contributed by atoms with E-state index in [1.54, 1.807) is 11.2 Å². The maximum Gasteiger partial charge on any atom is 0.317 e. The minimum Gasteiger partial charge on any atom is -0.366 e. The van der Waals surface area contributed by atoms with E-state index in [1.807, 2.05) is 11.5 Å². The zero-order valence-electron chi connectivity index (χ0n) is 14.4. The molecule has 1 aromatic heterocycles. The Kier molecular flexibility index (Phi) is 6.79. The number of carbonyl (C=O) groups is 1. The number of nitrogens with zero attached hydrogens (tertiary/aromatic N) is 5. The molecular formula is C15H28N6O2. The lowest BCUT2D eigenvalue weighted by Gasteiger charge is -2.32. The van der Waals surface area contributed by atoms with E-state index in [2.05, 4.69) is 34.3 Å². The SMILES string of the molecule is CCN(CC)CCNC(=O)N1CCOC(c2nncn2CC)C1. The van der Waals surface area contributed by atoms with Gasteiger partial charge in [0.1, 0.15) is 12.4 Å². The van der Waals surface area contributed by atoms with E-state index in [4.69, 9.17) is 4.74 Å². The van der Waals surface area contributed by atoms with E-state index in [0.29, 0.717) is 26.2 Å². The molecule has 2 rings (SSSR count). The van der Waals surface area contributed by atoms with Crippen molar-refractivity contribution in [3.63, 3.8) is 0 Å². The highest BCUT2D eigenvalue weighted by molar-refractivity contribution is 5.74. The number of rotatable bonds is 7. The highest BCUT2D eigenvalue weighted by Gasteiger charge is 2.28. The molecule has 0 spiro atoms. The van der Waals surface area contributed by atoms with Crippen molar-refractivity contribution in [3.05, 3.63) is 12.2 Å². The van der Waals surface area contributed by atoms with Crippen molar-refractivity contribution in [1.82, 2.24) is 29.9 Å². The van der Waals surface area contributed by atoms with Crippen molar-refractivity contribution < 1.29 is 9.53 Å². The third kappa shape index (κ3) is 4.65. The molecule has 1 fully saturated rings. The zero-order chi connectivity index (χ0) is 16.7. The lowest BCUT2D eigenvalue weighted by molar-refractivity contribution is -0.0218. The topological polar surface area (TPSA) is 75.5 Å². The molecule has 8 nitrogen and oxygen atoms in total. The summed E-state index contributed by atoms with van der Waals surface area (Å²) in [6.45, 7) is 12.2. The predicted molar refractivity (Wildman–Crippen MR) is 87.1 cm³/mol. The summed E-state index contributed by atoms with van der Waals surface area (Å²) in [4.78, 5) is 16.4. The number of ether oxygens (including phenoxy) is 1. The van der Waals surface area contributed by atoms with Crippen LogP contribution in [-0.2, 0) is 11.3 Å². The average molecular weight is 324 g/mol. The number of carbonyl (C=O) groups excluding carboxylic acids is 1. The van der Waals surface area contributed by atoms with Crippen LogP contribution in [0, 0.1) is 0 Å². The average Bonchev–Trinajstić information content (AvgIpc) is 3.07. The largest absolute Gasteiger partial charge is 0.366 e. The van der Waals surface area contributed by atoms with Gasteiger partial charge in [0.05, 0.1) is 13.2 Å². The summed E-state index contributed by atoms with van der Waals surface area (Å²) in [6.07, 6.45) is 1.49. The highest BCUT2D eigenvalue weighted by Crippen LogP contribution is 2.20. The molecule has 0 aromatic carbocycles. The number of hydrogen-bond donors (Lipinski definition) is 1. The number of likely N-dealkylation sites (N-methyl/N-ethyl adjacent to an activating group) is 1. The Morgan fingerprint density at radius 3 is 2.91 bits per heavy atom. The van der Waals surface area contributed by atoms with Gasteiger partial charge in [-0.2, -0.15) is 0 Å². The fraction of sp³-hybridized carbons (Fsp3) is 0.800. The van der Waals surface area contributed by atoms with Gasteiger partial charge in [-0.25, -0.2) is 4.79 Å². The smallest absolute Gasteiger partial charge is 0.317 e. The van der Waals surface area contributed by atoms with Gasteiger partial charge in [0.15, 0.2) is 5.82 Å². The van der Waals surface area contributed by atoms with Gasteiger partial charge in [0, 0.05) is 26.2 Å². The lowest BCUT2D eigenvalue weighted by Crippen LogP contribution is -2.48. The van der Waals surface area contributed by atoms with Gasteiger partial charge < -0.3 is 24.4 Å². The molecule has 1 atom stereocenters. The molecule has 1 unspecified atom stereocenters. The summed E-state index contributed by atoms with van der Waals surface area (Å²) >= 11 is 0. The molecule has 1 N–H and O–H groups in total. The van der Waals surface area contributed by atoms with Crippen LogP contribution in [0.3, 0.4) is 0 Å². The van der Waals surface area contributed by atoms with Gasteiger partial charge in [-0.3, -0.25) is 0 Å². The zero-order valence-corrected chi connectivity index (χ0v) is 14.4. The van der Waals surface area contributed by atoms with Crippen LogP contribution in [-0.4, -0.2) is 76.5 Å². The first-order chi connectivity index (χ1) is 11.2. The number of nitrogens with one attached hydrogen (secondary N) is 1. The van der Waals surface area contributed by atoms with Gasteiger partial charge in [0.2, 0.25) is 0 Å². The number of aryl methyl sites for hydroxylation is 1. The van der Waals surface area contributed by atoms with Crippen molar-refractivity contribution in [1.29, 1.82) is 0 Å². The van der Waals surface area contributed by atoms with Gasteiger partial charge >= 0.3 is 6.03 Å². The second-order valence-electron chi connectivity index (χ2n) is 5.54. The van der Waals surface area contributed by atoms with Gasteiger partial charge in [-0.05, 0) is 20.0 Å². The van der Waals surface area contributed by atoms with Gasteiger partial charge in [-0.1, -0.05) is 13.8 Å². The molecule has 1 aromatic rings. The first-order valence-electron chi connectivity index (χ1n) is 8.43. The number of amides is 2. The summed E-state index contributed by atoms with van der Waals surface area (Å²) in [5.74, 6) is 0.785. The maximum absolute atomic E-state index is 12.3. The second-order valence-corrected chi connectivity index (χ2v) is 5.54. The van der Waals surface area contributed by atoms with Crippen LogP contribution in [0.2, 0.25) is 0 Å². The van der Waals surface area contributed by atoms with Crippen LogP contribution >= 0.6 is 0 Å². The van der Waals surface area contributed by atoms with E-state index in [1.165, 1.54) is 0 Å². The fourth-order valence-corrected chi connectivity index (χ4v) is 2.72. The van der Waals surface area contributed by atoms with Crippen molar-refractivity contribution in [2.24, 2.45) is 0 Å². The van der Waals surface area contributed by atoms with Crippen LogP contribution in [0.4, 0.5) is 4.79 Å². The van der Waals surface area contributed by atoms with Crippen molar-refractivity contribution in [2.75, 3.05) is 45.9 Å². The van der Waals surface area contributed by atoms with Gasteiger partial charge in [0.25, 0.3) is 0 Å². The standard InChI is InChI=1S/C15H28N6O2/c1-4-19(5-2)8-7-16-15(22)21-9-10-23-13(11-21)14-18-17-12-20(14)6-3/h12-13H,4-11H2,1-3H3,(H,16,22). The number of hydrogen-bond acceptors (Lipinski definition) is 5. The summed E-state index contributed by atoms with van der Waals surface area (Å²) in [7, 11) is 0. The third-order valence-corrected chi connectivity index (χ3v) is 4.23. The summed E-state index contributed by atoms with van der Waals surface area (Å²) < 4.78 is 7.72. The summed E-state index contributed by atoms with van der Waals surface area (Å²) in [5.41, 5.74) is 0. The molecule has 8 heteroatoms. The predicted octanol–water partition coefficient (Wildman–Crippen LogP) is 0.723. The molecule has 0 bridgehead atoms. The summed E-state index contributed by atoms with van der Waals surface area (Å²) in [6, 6.07) is -0.0342. The number of aromatic nitrogens is 3. The Balaban J connectivity index is 1.84. The number of morpholine rings is 1. The molecule has 0 saturated carbocycles. The van der Waals surface area contributed by atoms with Crippen LogP contribution in [0.15, 0.2) is 6.33 Å². The van der Waals surface area contributed by atoms with E-state index in [9.17, 15) is 4.79 Å². The van der Waals surface area contributed by atoms with Crippen LogP contribution in [0.1, 0.15) is 32.7 Å². The molecule has 0 aliphatic carbocycles. The Morgan fingerprint density at radius 1 is 1.43 bits per heavy atom. The molecule has 2 amide bonds. The molecular weight excluding hydrogens is 296 g/mol. The second kappa shape index (κ2) is 8.83. The van der Waals surface area contributed by atoms with Crippen molar-refractivity contribution in [3.8, 4) is 0 Å². The van der Waals surface area contributed by atoms with Crippen LogP contribution in [0.5, 0.6) is 0 Å². The Morgan fingerprint density at radius 2 is 2.22 bits per heavy atom. The molecule has 1 saturated heterocycles. The highest BCUT2D eigenvalue weighted by atomic mass is 16.5. The molecule has 23 heavy (non-hydrogen) atoms. The fourth-order valence-electron chi connectivity index (χ4n) is 2.72. The third-order valence-electron chi connectivity index (χ3n) is 4.23. The normalized spacial score (nSPS) is 18.4. The van der Waals surface area contributed by atoms with E-state index in [-0.39, 0.29) is 12.1 Å². The Labute approximate surface area is 137 Å². The Hall–Kier alpha value is -1.67. The van der Waals surface area contributed by atoms with E-state index in [0.717, 1.165) is 32.0 Å². The lowest BCUT2D eigenvalue weighted by atomic mass is 10.2. The minimum atomic E-state index is -0.209. The van der Waals surface area contributed by atoms with Crippen molar-refractivity contribution in [2.45, 2.75) is 33.4 Å². The van der Waals surface area contributed by atoms with E-state index < -0.39 is 0 Å². The number of urea groups is 1. The van der Waals surface area contributed by atoms with Crippen LogP contribution < -0.4 is 5.32 Å². The molecule has 2 heterocycles. The minimum absolute atomic E-state index is 0.0342. The van der Waals surface area contributed by atoms with Gasteiger partial charge in [-0.15, -0.1) is 10.2 Å². The summed E-state index contributed by atoms with van der Waals surface area (Å²) in [5, 5.41) is 11.1. The molecule has 1 aliphatic heterocycles. The Bertz CT molecular complexity index is 488. The molecule has 1 aliphatic rings.